The molecule has 1 amide bonds. The van der Waals surface area contributed by atoms with E-state index in [2.05, 4.69) is 0 Å². The van der Waals surface area contributed by atoms with Gasteiger partial charge in [0.05, 0.1) is 6.10 Å². The molecule has 0 aromatic heterocycles. The van der Waals surface area contributed by atoms with Gasteiger partial charge in [-0.2, -0.15) is 0 Å². The summed E-state index contributed by atoms with van der Waals surface area (Å²) in [4.78, 5) is 13.3. The third kappa shape index (κ3) is 3.75. The van der Waals surface area contributed by atoms with Crippen molar-refractivity contribution in [1.82, 2.24) is 4.90 Å². The van der Waals surface area contributed by atoms with Crippen LogP contribution in [0.4, 0.5) is 0 Å². The first-order valence-corrected chi connectivity index (χ1v) is 6.39. The molecule has 0 radical (unpaired) electrons. The molecule has 0 aromatic rings. The maximum absolute atomic E-state index is 11.5. The second-order valence-corrected chi connectivity index (χ2v) is 5.31. The summed E-state index contributed by atoms with van der Waals surface area (Å²) >= 11 is 0. The van der Waals surface area contributed by atoms with Crippen LogP contribution in [-0.4, -0.2) is 50.8 Å². The van der Waals surface area contributed by atoms with E-state index in [-0.39, 0.29) is 5.91 Å². The zero-order chi connectivity index (χ0) is 10.6. The molecule has 1 unspecified atom stereocenters. The van der Waals surface area contributed by atoms with Gasteiger partial charge >= 0.3 is 0 Å². The lowest BCUT2D eigenvalue weighted by molar-refractivity contribution is -0.131. The van der Waals surface area contributed by atoms with Crippen molar-refractivity contribution in [3.63, 3.8) is 0 Å². The lowest BCUT2D eigenvalue weighted by atomic mass is 10.2. The Balaban J connectivity index is 2.27. The third-order valence-electron chi connectivity index (χ3n) is 2.31. The van der Waals surface area contributed by atoms with Crippen molar-refractivity contribution < 1.29 is 14.1 Å². The van der Waals surface area contributed by atoms with Crippen LogP contribution in [0, 0.1) is 0 Å². The summed E-state index contributed by atoms with van der Waals surface area (Å²) in [6.45, 7) is 2.88. The monoisotopic (exact) mass is 219 g/mol. The second kappa shape index (κ2) is 5.46. The summed E-state index contributed by atoms with van der Waals surface area (Å²) < 4.78 is 11.0. The van der Waals surface area contributed by atoms with E-state index in [1.165, 1.54) is 0 Å². The molecule has 1 aliphatic rings. The van der Waals surface area contributed by atoms with E-state index in [1.54, 1.807) is 11.8 Å². The van der Waals surface area contributed by atoms with E-state index in [9.17, 15) is 9.00 Å². The molecule has 1 fully saturated rings. The molecule has 0 bridgehead atoms. The summed E-state index contributed by atoms with van der Waals surface area (Å²) in [6.07, 6.45) is 0.487. The van der Waals surface area contributed by atoms with Crippen LogP contribution >= 0.6 is 0 Å². The van der Waals surface area contributed by atoms with Crippen molar-refractivity contribution in [2.24, 2.45) is 0 Å². The highest BCUT2D eigenvalue weighted by Crippen LogP contribution is 2.05. The van der Waals surface area contributed by atoms with Crippen LogP contribution in [-0.2, 0) is 15.6 Å². The van der Waals surface area contributed by atoms with Crippen LogP contribution in [0.3, 0.4) is 0 Å². The Labute approximate surface area is 86.7 Å². The zero-order valence-electron chi connectivity index (χ0n) is 8.44. The van der Waals surface area contributed by atoms with Gasteiger partial charge in [0.2, 0.25) is 5.91 Å². The normalized spacial score (nSPS) is 20.9. The van der Waals surface area contributed by atoms with Crippen LogP contribution in [0.2, 0.25) is 0 Å². The minimum atomic E-state index is -0.733. The summed E-state index contributed by atoms with van der Waals surface area (Å²) in [5.74, 6) is 1.27. The smallest absolute Gasteiger partial charge is 0.222 e. The molecule has 1 heterocycles. The Morgan fingerprint density at radius 3 is 2.57 bits per heavy atom. The fraction of sp³-hybridized carbons (Fsp3) is 0.889. The molecule has 0 spiro atoms. The summed E-state index contributed by atoms with van der Waals surface area (Å²) in [6, 6.07) is 0. The lowest BCUT2D eigenvalue weighted by Gasteiger charge is -2.26. The van der Waals surface area contributed by atoms with E-state index < -0.39 is 16.9 Å². The number of nitrogens with zero attached hydrogens (tertiary/aromatic N) is 1. The predicted molar refractivity (Wildman–Crippen MR) is 55.4 cm³/mol. The fourth-order valence-electron chi connectivity index (χ4n) is 1.38. The van der Waals surface area contributed by atoms with E-state index in [4.69, 9.17) is 5.11 Å². The van der Waals surface area contributed by atoms with Crippen LogP contribution < -0.4 is 0 Å². The maximum atomic E-state index is 11.5. The van der Waals surface area contributed by atoms with Crippen molar-refractivity contribution >= 4 is 16.7 Å². The minimum absolute atomic E-state index is 0.0719. The van der Waals surface area contributed by atoms with Gasteiger partial charge in [0, 0.05) is 41.8 Å². The van der Waals surface area contributed by atoms with Crippen molar-refractivity contribution in [2.75, 3.05) is 24.6 Å². The lowest BCUT2D eigenvalue weighted by Crippen LogP contribution is -2.41. The average Bonchev–Trinajstić information content (AvgIpc) is 2.15. The zero-order valence-corrected chi connectivity index (χ0v) is 9.26. The SMILES string of the molecule is CC(O)CCC(=O)N1CCS(=O)CC1. The molecular weight excluding hydrogens is 202 g/mol. The number of carbonyl (C=O) groups excluding carboxylic acids is 1. The third-order valence-corrected chi connectivity index (χ3v) is 3.58. The highest BCUT2D eigenvalue weighted by atomic mass is 32.2. The van der Waals surface area contributed by atoms with E-state index in [0.29, 0.717) is 37.4 Å². The number of carbonyl (C=O) groups is 1. The molecule has 0 aromatic carbocycles. The minimum Gasteiger partial charge on any atom is -0.393 e. The highest BCUT2D eigenvalue weighted by molar-refractivity contribution is 7.85. The predicted octanol–water partition coefficient (Wildman–Crippen LogP) is -0.262. The molecule has 1 rings (SSSR count). The van der Waals surface area contributed by atoms with E-state index >= 15 is 0 Å². The number of aliphatic hydroxyl groups is 1. The number of hydrogen-bond donors (Lipinski definition) is 1. The van der Waals surface area contributed by atoms with Gasteiger partial charge in [-0.3, -0.25) is 9.00 Å². The largest absolute Gasteiger partial charge is 0.393 e. The Kier molecular flexibility index (Phi) is 4.54. The summed E-state index contributed by atoms with van der Waals surface area (Å²) in [7, 11) is -0.733. The van der Waals surface area contributed by atoms with Gasteiger partial charge in [-0.1, -0.05) is 0 Å². The average molecular weight is 219 g/mol. The Morgan fingerprint density at radius 1 is 1.50 bits per heavy atom. The Hall–Kier alpha value is -0.420. The maximum Gasteiger partial charge on any atom is 0.222 e. The summed E-state index contributed by atoms with van der Waals surface area (Å²) in [5.41, 5.74) is 0. The number of rotatable bonds is 3. The van der Waals surface area contributed by atoms with Gasteiger partial charge < -0.3 is 10.0 Å². The van der Waals surface area contributed by atoms with Gasteiger partial charge in [-0.05, 0) is 13.3 Å². The molecule has 1 saturated heterocycles. The van der Waals surface area contributed by atoms with Crippen LogP contribution in [0.5, 0.6) is 0 Å². The van der Waals surface area contributed by atoms with Crippen LogP contribution in [0.15, 0.2) is 0 Å². The standard InChI is InChI=1S/C9H17NO3S/c1-8(11)2-3-9(12)10-4-6-14(13)7-5-10/h8,11H,2-7H2,1H3. The molecule has 0 aliphatic carbocycles. The van der Waals surface area contributed by atoms with Crippen LogP contribution in [0.25, 0.3) is 0 Å². The summed E-state index contributed by atoms with van der Waals surface area (Å²) in [5, 5.41) is 9.02. The van der Waals surface area contributed by atoms with E-state index in [0.717, 1.165) is 0 Å². The van der Waals surface area contributed by atoms with Crippen molar-refractivity contribution in [3.8, 4) is 0 Å². The van der Waals surface area contributed by atoms with Crippen LogP contribution in [0.1, 0.15) is 19.8 Å². The molecular formula is C9H17NO3S. The Bertz CT molecular complexity index is 220. The molecule has 5 heteroatoms. The first-order chi connectivity index (χ1) is 6.59. The quantitative estimate of drug-likeness (QED) is 0.711. The molecule has 4 nitrogen and oxygen atoms in total. The van der Waals surface area contributed by atoms with Gasteiger partial charge in [0.1, 0.15) is 0 Å². The van der Waals surface area contributed by atoms with Gasteiger partial charge in [-0.25, -0.2) is 0 Å². The second-order valence-electron chi connectivity index (χ2n) is 3.62. The molecule has 1 N–H and O–H groups in total. The highest BCUT2D eigenvalue weighted by Gasteiger charge is 2.19. The number of amides is 1. The Morgan fingerprint density at radius 2 is 2.07 bits per heavy atom. The van der Waals surface area contributed by atoms with Crippen molar-refractivity contribution in [3.05, 3.63) is 0 Å². The van der Waals surface area contributed by atoms with Gasteiger partial charge in [0.25, 0.3) is 0 Å². The molecule has 14 heavy (non-hydrogen) atoms. The molecule has 82 valence electrons. The first kappa shape index (κ1) is 11.7. The van der Waals surface area contributed by atoms with Crippen molar-refractivity contribution in [2.45, 2.75) is 25.9 Å². The fourth-order valence-corrected chi connectivity index (χ4v) is 2.43. The molecule has 1 aliphatic heterocycles. The molecule has 1 atom stereocenters. The molecule has 0 saturated carbocycles. The van der Waals surface area contributed by atoms with Crippen molar-refractivity contribution in [1.29, 1.82) is 0 Å². The van der Waals surface area contributed by atoms with E-state index in [1.807, 2.05) is 0 Å². The number of aliphatic hydroxyl groups excluding tert-OH is 1. The topological polar surface area (TPSA) is 57.6 Å². The number of hydrogen-bond acceptors (Lipinski definition) is 3. The first-order valence-electron chi connectivity index (χ1n) is 4.90. The van der Waals surface area contributed by atoms with Gasteiger partial charge in [0.15, 0.2) is 0 Å². The van der Waals surface area contributed by atoms with Gasteiger partial charge in [-0.15, -0.1) is 0 Å².